The zero-order valence-corrected chi connectivity index (χ0v) is 27.5. The van der Waals surface area contributed by atoms with E-state index in [1.165, 1.54) is 18.2 Å². The number of anilines is 1. The Morgan fingerprint density at radius 2 is 1.28 bits per heavy atom. The summed E-state index contributed by atoms with van der Waals surface area (Å²) in [6.45, 7) is 6.14. The van der Waals surface area contributed by atoms with Crippen molar-refractivity contribution in [1.82, 2.24) is 5.32 Å². The Morgan fingerprint density at radius 1 is 0.700 bits per heavy atom. The van der Waals surface area contributed by atoms with E-state index in [0.717, 1.165) is 41.0 Å². The number of hydrogen-bond donors (Lipinski definition) is 3. The van der Waals surface area contributed by atoms with E-state index in [4.69, 9.17) is 4.74 Å². The molecule has 10 heteroatoms. The molecule has 0 aliphatic heterocycles. The number of carbonyl (C=O) groups excluding carboxylic acids is 2. The predicted molar refractivity (Wildman–Crippen MR) is 185 cm³/mol. The first-order chi connectivity index (χ1) is 23.7. The van der Waals surface area contributed by atoms with Crippen molar-refractivity contribution >= 4 is 23.5 Å². The predicted octanol–water partition coefficient (Wildman–Crippen LogP) is 9.66. The average Bonchev–Trinajstić information content (AvgIpc) is 3.08. The Bertz CT molecular complexity index is 1970. The highest BCUT2D eigenvalue weighted by Gasteiger charge is 2.30. The van der Waals surface area contributed by atoms with Crippen molar-refractivity contribution < 1.29 is 37.4 Å². The molecule has 0 aliphatic carbocycles. The van der Waals surface area contributed by atoms with Gasteiger partial charge in [-0.25, -0.2) is 0 Å². The number of carboxylic acid groups (broad SMARTS) is 1. The van der Waals surface area contributed by atoms with Crippen LogP contribution in [-0.4, -0.2) is 22.9 Å². The molecule has 1 atom stereocenters. The maximum absolute atomic E-state index is 13.8. The first-order valence-corrected chi connectivity index (χ1v) is 15.8. The Labute approximate surface area is 287 Å². The highest BCUT2D eigenvalue weighted by molar-refractivity contribution is 6.09. The van der Waals surface area contributed by atoms with Gasteiger partial charge in [0.2, 0.25) is 0 Å². The summed E-state index contributed by atoms with van der Waals surface area (Å²) in [6, 6.07) is 31.2. The molecular weight excluding hydrogens is 645 g/mol. The largest absolute Gasteiger partial charge is 0.481 e. The second-order valence-corrected chi connectivity index (χ2v) is 12.7. The summed E-state index contributed by atoms with van der Waals surface area (Å²) in [5, 5.41) is 15.2. The monoisotopic (exact) mass is 680 g/mol. The minimum absolute atomic E-state index is 0.0146. The van der Waals surface area contributed by atoms with Gasteiger partial charge in [-0.3, -0.25) is 14.4 Å². The van der Waals surface area contributed by atoms with Gasteiger partial charge in [0.25, 0.3) is 11.8 Å². The van der Waals surface area contributed by atoms with Crippen molar-refractivity contribution in [3.63, 3.8) is 0 Å². The first kappa shape index (κ1) is 35.4. The smallest absolute Gasteiger partial charge is 0.416 e. The molecule has 0 bridgehead atoms. The van der Waals surface area contributed by atoms with Crippen molar-refractivity contribution in [3.8, 4) is 22.6 Å². The highest BCUT2D eigenvalue weighted by Crippen LogP contribution is 2.33. The molecule has 2 amide bonds. The van der Waals surface area contributed by atoms with Crippen LogP contribution in [0.5, 0.6) is 11.5 Å². The number of aliphatic carboxylic acids is 1. The molecule has 7 nitrogen and oxygen atoms in total. The van der Waals surface area contributed by atoms with Crippen LogP contribution in [0.3, 0.4) is 0 Å². The normalized spacial score (nSPS) is 12.1. The Kier molecular flexibility index (Phi) is 10.4. The molecule has 3 N–H and O–H groups in total. The summed E-state index contributed by atoms with van der Waals surface area (Å²) < 4.78 is 45.0. The third kappa shape index (κ3) is 8.96. The first-order valence-electron chi connectivity index (χ1n) is 15.8. The van der Waals surface area contributed by atoms with E-state index in [-0.39, 0.29) is 28.2 Å². The lowest BCUT2D eigenvalue weighted by atomic mass is 9.86. The summed E-state index contributed by atoms with van der Waals surface area (Å²) in [5.41, 5.74) is 2.87. The summed E-state index contributed by atoms with van der Waals surface area (Å²) in [5.74, 6) is -2.08. The van der Waals surface area contributed by atoms with Crippen LogP contribution in [0, 0.1) is 0 Å². The van der Waals surface area contributed by atoms with Crippen molar-refractivity contribution in [2.45, 2.75) is 44.8 Å². The quantitative estimate of drug-likeness (QED) is 0.136. The molecule has 0 aliphatic rings. The van der Waals surface area contributed by atoms with Crippen LogP contribution in [0.25, 0.3) is 11.1 Å². The number of halogens is 3. The molecule has 0 aromatic heterocycles. The molecule has 0 saturated carbocycles. The van der Waals surface area contributed by atoms with Crippen LogP contribution in [0.1, 0.15) is 70.6 Å². The van der Waals surface area contributed by atoms with Crippen molar-refractivity contribution in [3.05, 3.63) is 149 Å². The highest BCUT2D eigenvalue weighted by atomic mass is 19.4. The van der Waals surface area contributed by atoms with Crippen LogP contribution in [-0.2, 0) is 16.4 Å². The van der Waals surface area contributed by atoms with Gasteiger partial charge in [-0.2, -0.15) is 13.2 Å². The lowest BCUT2D eigenvalue weighted by molar-refractivity contribution is -0.138. The minimum Gasteiger partial charge on any atom is -0.481 e. The van der Waals surface area contributed by atoms with E-state index >= 15 is 0 Å². The third-order valence-electron chi connectivity index (χ3n) is 8.02. The molecule has 0 heterocycles. The SMILES string of the molecule is CC(C)(C)c1ccc(C(=O)Nc2cc(Oc3ccc(C(F)(F)F)cc3)ccc2C(=O)NC(CC(=O)O)c2ccc(-c3ccccc3)cc2)cc1. The topological polar surface area (TPSA) is 105 Å². The third-order valence-corrected chi connectivity index (χ3v) is 8.02. The number of carbonyl (C=O) groups is 3. The zero-order valence-electron chi connectivity index (χ0n) is 27.5. The average molecular weight is 681 g/mol. The summed E-state index contributed by atoms with van der Waals surface area (Å²) in [7, 11) is 0. The Hall–Kier alpha value is -5.90. The Balaban J connectivity index is 1.44. The fourth-order valence-corrected chi connectivity index (χ4v) is 5.25. The number of rotatable bonds is 10. The van der Waals surface area contributed by atoms with Crippen LogP contribution < -0.4 is 15.4 Å². The molecule has 0 radical (unpaired) electrons. The van der Waals surface area contributed by atoms with Crippen LogP contribution in [0.15, 0.2) is 121 Å². The molecule has 50 heavy (non-hydrogen) atoms. The number of benzene rings is 5. The molecule has 5 rings (SSSR count). The van der Waals surface area contributed by atoms with Crippen molar-refractivity contribution in [2.75, 3.05) is 5.32 Å². The van der Waals surface area contributed by atoms with Gasteiger partial charge in [-0.1, -0.05) is 87.5 Å². The molecule has 0 spiro atoms. The van der Waals surface area contributed by atoms with Gasteiger partial charge in [0, 0.05) is 11.6 Å². The molecular formula is C40H35F3N2O5. The summed E-state index contributed by atoms with van der Waals surface area (Å²) in [4.78, 5) is 39.1. The van der Waals surface area contributed by atoms with Gasteiger partial charge in [0.15, 0.2) is 0 Å². The lowest BCUT2D eigenvalue weighted by Gasteiger charge is -2.20. The number of amides is 2. The number of alkyl halides is 3. The molecule has 0 fully saturated rings. The van der Waals surface area contributed by atoms with Crippen LogP contribution >= 0.6 is 0 Å². The van der Waals surface area contributed by atoms with Crippen molar-refractivity contribution in [2.24, 2.45) is 0 Å². The van der Waals surface area contributed by atoms with Crippen LogP contribution in [0.2, 0.25) is 0 Å². The fourth-order valence-electron chi connectivity index (χ4n) is 5.25. The summed E-state index contributed by atoms with van der Waals surface area (Å²) in [6.07, 6.45) is -4.92. The van der Waals surface area contributed by atoms with Gasteiger partial charge in [0.05, 0.1) is 29.3 Å². The van der Waals surface area contributed by atoms with E-state index in [1.807, 2.05) is 75.4 Å². The molecule has 5 aromatic rings. The standard InChI is InChI=1S/C40H35F3N2O5/c1-39(2,3)29-15-13-28(14-16-29)37(48)45-35-23-32(50-31-19-17-30(18-20-31)40(41,42)43)21-22-33(35)38(49)44-34(24-36(46)47)27-11-9-26(10-12-27)25-7-5-4-6-8-25/h4-23,34H,24H2,1-3H3,(H,44,49)(H,45,48)(H,46,47). The fraction of sp³-hybridized carbons (Fsp3) is 0.175. The van der Waals surface area contributed by atoms with Crippen LogP contribution in [0.4, 0.5) is 18.9 Å². The molecule has 0 saturated heterocycles. The molecule has 256 valence electrons. The lowest BCUT2D eigenvalue weighted by Crippen LogP contribution is -2.31. The number of ether oxygens (including phenoxy) is 1. The van der Waals surface area contributed by atoms with Gasteiger partial charge in [0.1, 0.15) is 11.5 Å². The van der Waals surface area contributed by atoms with E-state index in [2.05, 4.69) is 10.6 Å². The maximum Gasteiger partial charge on any atom is 0.416 e. The van der Waals surface area contributed by atoms with E-state index in [1.54, 1.807) is 24.3 Å². The van der Waals surface area contributed by atoms with E-state index < -0.39 is 42.0 Å². The maximum atomic E-state index is 13.8. The van der Waals surface area contributed by atoms with Gasteiger partial charge in [-0.15, -0.1) is 0 Å². The number of nitrogens with one attached hydrogen (secondary N) is 2. The second kappa shape index (κ2) is 14.7. The van der Waals surface area contributed by atoms with Gasteiger partial charge >= 0.3 is 12.1 Å². The minimum atomic E-state index is -4.52. The zero-order chi connectivity index (χ0) is 36.1. The van der Waals surface area contributed by atoms with Gasteiger partial charge < -0.3 is 20.5 Å². The number of hydrogen-bond acceptors (Lipinski definition) is 4. The second-order valence-electron chi connectivity index (χ2n) is 12.7. The van der Waals surface area contributed by atoms with Crippen molar-refractivity contribution in [1.29, 1.82) is 0 Å². The molecule has 1 unspecified atom stereocenters. The number of carboxylic acids is 1. The molecule has 5 aromatic carbocycles. The summed E-state index contributed by atoms with van der Waals surface area (Å²) >= 11 is 0. The Morgan fingerprint density at radius 3 is 1.86 bits per heavy atom. The van der Waals surface area contributed by atoms with E-state index in [0.29, 0.717) is 11.1 Å². The van der Waals surface area contributed by atoms with E-state index in [9.17, 15) is 32.7 Å². The van der Waals surface area contributed by atoms with Gasteiger partial charge in [-0.05, 0) is 76.2 Å².